The Balaban J connectivity index is 2.04. The summed E-state index contributed by atoms with van der Waals surface area (Å²) in [7, 11) is 0. The fourth-order valence-electron chi connectivity index (χ4n) is 1.77. The van der Waals surface area contributed by atoms with Gasteiger partial charge in [-0.1, -0.05) is 0 Å². The zero-order valence-corrected chi connectivity index (χ0v) is 12.4. The average molecular weight is 300 g/mol. The standard InChI is InChI=1S/C12H16N2O3S2/c1-2-17-12(16)10-13-9(8-19-10)11(15)14-4-3-6-18-7-5-14/h8H,2-7H2,1H3. The highest BCUT2D eigenvalue weighted by Gasteiger charge is 2.21. The maximum Gasteiger partial charge on any atom is 0.367 e. The van der Waals surface area contributed by atoms with Crippen molar-refractivity contribution in [1.29, 1.82) is 0 Å². The van der Waals surface area contributed by atoms with E-state index >= 15 is 0 Å². The molecule has 1 saturated heterocycles. The lowest BCUT2D eigenvalue weighted by atomic mass is 10.3. The third-order valence-corrected chi connectivity index (χ3v) is 4.55. The summed E-state index contributed by atoms with van der Waals surface area (Å²) in [6.45, 7) is 3.56. The average Bonchev–Trinajstić information content (AvgIpc) is 2.74. The molecular formula is C12H16N2O3S2. The topological polar surface area (TPSA) is 59.5 Å². The molecule has 7 heteroatoms. The Labute approximate surface area is 120 Å². The van der Waals surface area contributed by atoms with Gasteiger partial charge in [-0.05, 0) is 19.1 Å². The quantitative estimate of drug-likeness (QED) is 0.798. The molecule has 104 valence electrons. The van der Waals surface area contributed by atoms with E-state index in [1.807, 2.05) is 16.7 Å². The molecule has 0 radical (unpaired) electrons. The van der Waals surface area contributed by atoms with Crippen LogP contribution >= 0.6 is 23.1 Å². The molecule has 5 nitrogen and oxygen atoms in total. The summed E-state index contributed by atoms with van der Waals surface area (Å²) in [6, 6.07) is 0. The summed E-state index contributed by atoms with van der Waals surface area (Å²) in [6.07, 6.45) is 1.01. The van der Waals surface area contributed by atoms with Gasteiger partial charge >= 0.3 is 5.97 Å². The first-order valence-electron chi connectivity index (χ1n) is 6.22. The van der Waals surface area contributed by atoms with Crippen LogP contribution in [-0.2, 0) is 4.74 Å². The molecule has 1 amide bonds. The Morgan fingerprint density at radius 1 is 1.42 bits per heavy atom. The fraction of sp³-hybridized carbons (Fsp3) is 0.583. The number of hydrogen-bond donors (Lipinski definition) is 0. The molecule has 1 aliphatic rings. The molecule has 0 unspecified atom stereocenters. The Morgan fingerprint density at radius 2 is 2.26 bits per heavy atom. The molecule has 1 aromatic heterocycles. The Hall–Kier alpha value is -1.08. The molecule has 1 fully saturated rings. The summed E-state index contributed by atoms with van der Waals surface area (Å²) in [5, 5.41) is 1.88. The zero-order chi connectivity index (χ0) is 13.7. The SMILES string of the molecule is CCOC(=O)c1nc(C(=O)N2CCCSCC2)cs1. The van der Waals surface area contributed by atoms with Gasteiger partial charge in [-0.2, -0.15) is 11.8 Å². The first-order valence-corrected chi connectivity index (χ1v) is 8.25. The van der Waals surface area contributed by atoms with Crippen LogP contribution in [0.4, 0.5) is 0 Å². The summed E-state index contributed by atoms with van der Waals surface area (Å²) in [5.41, 5.74) is 0.347. The van der Waals surface area contributed by atoms with Crippen molar-refractivity contribution in [3.8, 4) is 0 Å². The van der Waals surface area contributed by atoms with Gasteiger partial charge in [0.15, 0.2) is 0 Å². The smallest absolute Gasteiger partial charge is 0.367 e. The van der Waals surface area contributed by atoms with Crippen molar-refractivity contribution < 1.29 is 14.3 Å². The van der Waals surface area contributed by atoms with Crippen LogP contribution in [0.15, 0.2) is 5.38 Å². The van der Waals surface area contributed by atoms with E-state index in [-0.39, 0.29) is 10.9 Å². The zero-order valence-electron chi connectivity index (χ0n) is 10.8. The van der Waals surface area contributed by atoms with Crippen molar-refractivity contribution in [2.45, 2.75) is 13.3 Å². The normalized spacial score (nSPS) is 15.9. The number of carbonyl (C=O) groups is 2. The van der Waals surface area contributed by atoms with Gasteiger partial charge in [-0.3, -0.25) is 4.79 Å². The first-order chi connectivity index (χ1) is 9.22. The monoisotopic (exact) mass is 300 g/mol. The second-order valence-electron chi connectivity index (χ2n) is 4.02. The Kier molecular flexibility index (Phi) is 5.21. The number of hydrogen-bond acceptors (Lipinski definition) is 6. The van der Waals surface area contributed by atoms with E-state index in [1.54, 1.807) is 12.3 Å². The minimum Gasteiger partial charge on any atom is -0.461 e. The lowest BCUT2D eigenvalue weighted by Gasteiger charge is -2.18. The van der Waals surface area contributed by atoms with Gasteiger partial charge < -0.3 is 9.64 Å². The minimum atomic E-state index is -0.460. The number of esters is 1. The number of rotatable bonds is 3. The first kappa shape index (κ1) is 14.3. The number of ether oxygens (including phenoxy) is 1. The van der Waals surface area contributed by atoms with Crippen molar-refractivity contribution >= 4 is 35.0 Å². The molecule has 0 atom stereocenters. The molecule has 2 heterocycles. The summed E-state index contributed by atoms with van der Waals surface area (Å²) in [4.78, 5) is 29.7. The summed E-state index contributed by atoms with van der Waals surface area (Å²) < 4.78 is 4.87. The molecule has 0 saturated carbocycles. The summed E-state index contributed by atoms with van der Waals surface area (Å²) in [5.74, 6) is 1.50. The minimum absolute atomic E-state index is 0.0886. The molecule has 1 aliphatic heterocycles. The van der Waals surface area contributed by atoms with Crippen LogP contribution in [0.1, 0.15) is 33.6 Å². The highest BCUT2D eigenvalue weighted by molar-refractivity contribution is 7.99. The van der Waals surface area contributed by atoms with E-state index in [2.05, 4.69) is 4.98 Å². The van der Waals surface area contributed by atoms with Gasteiger partial charge in [0.25, 0.3) is 5.91 Å². The largest absolute Gasteiger partial charge is 0.461 e. The molecule has 0 aromatic carbocycles. The number of nitrogens with zero attached hydrogens (tertiary/aromatic N) is 2. The van der Waals surface area contributed by atoms with Crippen LogP contribution in [0.2, 0.25) is 0 Å². The highest BCUT2D eigenvalue weighted by atomic mass is 32.2. The van der Waals surface area contributed by atoms with Crippen LogP contribution in [0.25, 0.3) is 0 Å². The third kappa shape index (κ3) is 3.70. The fourth-order valence-corrected chi connectivity index (χ4v) is 3.34. The number of amides is 1. The van der Waals surface area contributed by atoms with Crippen molar-refractivity contribution in [1.82, 2.24) is 9.88 Å². The van der Waals surface area contributed by atoms with Gasteiger partial charge in [0.05, 0.1) is 6.61 Å². The van der Waals surface area contributed by atoms with Crippen molar-refractivity contribution in [3.63, 3.8) is 0 Å². The van der Waals surface area contributed by atoms with E-state index < -0.39 is 5.97 Å². The van der Waals surface area contributed by atoms with E-state index in [0.717, 1.165) is 42.4 Å². The molecule has 0 spiro atoms. The lowest BCUT2D eigenvalue weighted by molar-refractivity contribution is 0.0526. The van der Waals surface area contributed by atoms with Crippen molar-refractivity contribution in [2.24, 2.45) is 0 Å². The van der Waals surface area contributed by atoms with E-state index in [4.69, 9.17) is 4.74 Å². The third-order valence-electron chi connectivity index (χ3n) is 2.68. The van der Waals surface area contributed by atoms with E-state index in [1.165, 1.54) is 0 Å². The Morgan fingerprint density at radius 3 is 3.05 bits per heavy atom. The maximum absolute atomic E-state index is 12.3. The second kappa shape index (κ2) is 6.91. The number of carbonyl (C=O) groups excluding carboxylic acids is 2. The predicted molar refractivity (Wildman–Crippen MR) is 75.9 cm³/mol. The number of thiazole rings is 1. The molecule has 0 bridgehead atoms. The van der Waals surface area contributed by atoms with Gasteiger partial charge in [-0.15, -0.1) is 11.3 Å². The molecule has 1 aromatic rings. The number of aromatic nitrogens is 1. The lowest BCUT2D eigenvalue weighted by Crippen LogP contribution is -2.33. The van der Waals surface area contributed by atoms with E-state index in [9.17, 15) is 9.59 Å². The molecule has 2 rings (SSSR count). The molecule has 0 N–H and O–H groups in total. The number of thioether (sulfide) groups is 1. The van der Waals surface area contributed by atoms with Crippen molar-refractivity contribution in [3.05, 3.63) is 16.1 Å². The van der Waals surface area contributed by atoms with Gasteiger partial charge in [0, 0.05) is 24.2 Å². The summed E-state index contributed by atoms with van der Waals surface area (Å²) >= 11 is 3.02. The van der Waals surface area contributed by atoms with Crippen LogP contribution in [0.5, 0.6) is 0 Å². The Bertz CT molecular complexity index is 454. The maximum atomic E-state index is 12.3. The van der Waals surface area contributed by atoms with Gasteiger partial charge in [0.1, 0.15) is 5.69 Å². The highest BCUT2D eigenvalue weighted by Crippen LogP contribution is 2.16. The van der Waals surface area contributed by atoms with Crippen LogP contribution < -0.4 is 0 Å². The van der Waals surface area contributed by atoms with Gasteiger partial charge in [-0.25, -0.2) is 9.78 Å². The molecule has 0 aliphatic carbocycles. The van der Waals surface area contributed by atoms with Crippen LogP contribution in [0.3, 0.4) is 0 Å². The van der Waals surface area contributed by atoms with E-state index in [0.29, 0.717) is 12.3 Å². The molecule has 19 heavy (non-hydrogen) atoms. The van der Waals surface area contributed by atoms with Crippen LogP contribution in [0, 0.1) is 0 Å². The van der Waals surface area contributed by atoms with Crippen LogP contribution in [-0.4, -0.2) is 53.0 Å². The van der Waals surface area contributed by atoms with Crippen molar-refractivity contribution in [2.75, 3.05) is 31.2 Å². The molecular weight excluding hydrogens is 284 g/mol. The van der Waals surface area contributed by atoms with Gasteiger partial charge in [0.2, 0.25) is 5.01 Å². The second-order valence-corrected chi connectivity index (χ2v) is 6.10. The predicted octanol–water partition coefficient (Wildman–Crippen LogP) is 1.90.